The van der Waals surface area contributed by atoms with Crippen LogP contribution in [0.15, 0.2) is 36.5 Å². The maximum Gasteiger partial charge on any atom is 0.270 e. The molecular weight excluding hydrogens is 454 g/mol. The topological polar surface area (TPSA) is 105 Å². The Hall–Kier alpha value is -3.56. The molecule has 0 bridgehead atoms. The molecule has 1 saturated carbocycles. The number of nitrogens with zero attached hydrogens (tertiary/aromatic N) is 3. The fourth-order valence-corrected chi connectivity index (χ4v) is 4.80. The zero-order valence-corrected chi connectivity index (χ0v) is 19.9. The summed E-state index contributed by atoms with van der Waals surface area (Å²) in [5, 5.41) is 16.7. The second-order valence-corrected chi connectivity index (χ2v) is 9.01. The van der Waals surface area contributed by atoms with Crippen LogP contribution in [0.25, 0.3) is 11.1 Å². The van der Waals surface area contributed by atoms with Crippen molar-refractivity contribution in [3.63, 3.8) is 0 Å². The van der Waals surface area contributed by atoms with Gasteiger partial charge >= 0.3 is 0 Å². The fraction of sp³-hybridized carbons (Fsp3) is 0.440. The summed E-state index contributed by atoms with van der Waals surface area (Å²) < 4.78 is 26.7. The van der Waals surface area contributed by atoms with Crippen LogP contribution in [-0.2, 0) is 11.3 Å². The molecule has 0 spiro atoms. The predicted molar refractivity (Wildman–Crippen MR) is 128 cm³/mol. The molecule has 186 valence electrons. The van der Waals surface area contributed by atoms with E-state index in [4.69, 9.17) is 0 Å². The number of rotatable bonds is 8. The molecule has 0 unspecified atom stereocenters. The molecule has 0 radical (unpaired) electrons. The molecule has 1 aliphatic carbocycles. The highest BCUT2D eigenvalue weighted by molar-refractivity contribution is 6.00. The average Bonchev–Trinajstić information content (AvgIpc) is 3.43. The van der Waals surface area contributed by atoms with Gasteiger partial charge in [-0.3, -0.25) is 19.4 Å². The van der Waals surface area contributed by atoms with Gasteiger partial charge in [-0.05, 0) is 56.4 Å². The summed E-state index contributed by atoms with van der Waals surface area (Å²) in [5.41, 5.74) is 4.48. The standard InChI is InChI=1S/C25H30F2N6O2/c1-15-22(16(2)32-31-15)17-8-10-19(11-9-17)29-25(35)23(18-6-4-3-5-7-18)30-24(34)20-12-13-28-33(20)14-21(26)27/h8-13,18,21,23H,3-7,14H2,1-2H3,(H,29,35)(H,30,34)(H,31,32)/t23-/m0/s1. The minimum absolute atomic E-state index is 0.00844. The van der Waals surface area contributed by atoms with E-state index in [0.717, 1.165) is 59.3 Å². The van der Waals surface area contributed by atoms with E-state index in [1.165, 1.54) is 12.3 Å². The van der Waals surface area contributed by atoms with Crippen molar-refractivity contribution in [2.75, 3.05) is 5.32 Å². The number of carbonyl (C=O) groups is 2. The number of aryl methyl sites for hydroxylation is 2. The third-order valence-corrected chi connectivity index (χ3v) is 6.52. The van der Waals surface area contributed by atoms with Crippen LogP contribution in [-0.4, -0.2) is 44.3 Å². The molecular formula is C25H30F2N6O2. The number of halogens is 2. The number of benzene rings is 1. The van der Waals surface area contributed by atoms with Crippen LogP contribution in [0.3, 0.4) is 0 Å². The molecule has 0 aliphatic heterocycles. The van der Waals surface area contributed by atoms with Gasteiger partial charge in [0.1, 0.15) is 18.3 Å². The lowest BCUT2D eigenvalue weighted by Crippen LogP contribution is -2.49. The Morgan fingerprint density at radius 1 is 1.11 bits per heavy atom. The van der Waals surface area contributed by atoms with Gasteiger partial charge in [0.05, 0.1) is 5.69 Å². The monoisotopic (exact) mass is 484 g/mol. The number of amides is 2. The van der Waals surface area contributed by atoms with Gasteiger partial charge in [0.25, 0.3) is 12.3 Å². The van der Waals surface area contributed by atoms with Crippen molar-refractivity contribution >= 4 is 17.5 Å². The molecule has 1 aliphatic rings. The van der Waals surface area contributed by atoms with Crippen LogP contribution in [0.5, 0.6) is 0 Å². The van der Waals surface area contributed by atoms with Gasteiger partial charge in [-0.15, -0.1) is 0 Å². The van der Waals surface area contributed by atoms with E-state index in [1.54, 1.807) is 0 Å². The lowest BCUT2D eigenvalue weighted by Gasteiger charge is -2.30. The summed E-state index contributed by atoms with van der Waals surface area (Å²) in [6.07, 6.45) is 3.33. The normalized spacial score (nSPS) is 15.2. The zero-order valence-electron chi connectivity index (χ0n) is 19.9. The Kier molecular flexibility index (Phi) is 7.57. The number of aromatic amines is 1. The first-order chi connectivity index (χ1) is 16.8. The van der Waals surface area contributed by atoms with E-state index >= 15 is 0 Å². The van der Waals surface area contributed by atoms with E-state index < -0.39 is 24.9 Å². The molecule has 1 fully saturated rings. The van der Waals surface area contributed by atoms with Crippen LogP contribution in [0.1, 0.15) is 54.0 Å². The molecule has 2 aromatic heterocycles. The first kappa shape index (κ1) is 24.6. The van der Waals surface area contributed by atoms with E-state index in [9.17, 15) is 18.4 Å². The van der Waals surface area contributed by atoms with Crippen molar-refractivity contribution in [3.05, 3.63) is 53.6 Å². The lowest BCUT2D eigenvalue weighted by molar-refractivity contribution is -0.119. The van der Waals surface area contributed by atoms with Crippen LogP contribution in [0.4, 0.5) is 14.5 Å². The molecule has 35 heavy (non-hydrogen) atoms. The first-order valence-corrected chi connectivity index (χ1v) is 11.9. The van der Waals surface area contributed by atoms with Gasteiger partial charge < -0.3 is 10.6 Å². The third kappa shape index (κ3) is 5.75. The van der Waals surface area contributed by atoms with Crippen LogP contribution in [0, 0.1) is 19.8 Å². The number of anilines is 1. The van der Waals surface area contributed by atoms with Gasteiger partial charge in [-0.2, -0.15) is 10.2 Å². The SMILES string of the molecule is Cc1n[nH]c(C)c1-c1ccc(NC(=O)[C@@H](NC(=O)c2ccnn2CC(F)F)C2CCCCC2)cc1. The Balaban J connectivity index is 1.50. The van der Waals surface area contributed by atoms with Gasteiger partial charge in [0.15, 0.2) is 0 Å². The molecule has 0 saturated heterocycles. The molecule has 4 rings (SSSR count). The lowest BCUT2D eigenvalue weighted by atomic mass is 9.83. The molecule has 3 aromatic rings. The second kappa shape index (κ2) is 10.8. The quantitative estimate of drug-likeness (QED) is 0.439. The van der Waals surface area contributed by atoms with Crippen molar-refractivity contribution in [2.45, 2.75) is 65.0 Å². The van der Waals surface area contributed by atoms with E-state index in [-0.39, 0.29) is 17.5 Å². The summed E-state index contributed by atoms with van der Waals surface area (Å²) >= 11 is 0. The minimum Gasteiger partial charge on any atom is -0.339 e. The summed E-state index contributed by atoms with van der Waals surface area (Å²) in [6.45, 7) is 3.20. The van der Waals surface area contributed by atoms with Crippen LogP contribution >= 0.6 is 0 Å². The molecule has 8 nitrogen and oxygen atoms in total. The van der Waals surface area contributed by atoms with Gasteiger partial charge in [0, 0.05) is 23.1 Å². The second-order valence-electron chi connectivity index (χ2n) is 9.01. The molecule has 1 aromatic carbocycles. The van der Waals surface area contributed by atoms with Crippen molar-refractivity contribution in [2.24, 2.45) is 5.92 Å². The first-order valence-electron chi connectivity index (χ1n) is 11.9. The molecule has 1 atom stereocenters. The maximum atomic E-state index is 13.3. The predicted octanol–water partition coefficient (Wildman–Crippen LogP) is 4.47. The fourth-order valence-electron chi connectivity index (χ4n) is 4.80. The number of nitrogens with one attached hydrogen (secondary N) is 3. The number of aromatic nitrogens is 4. The highest BCUT2D eigenvalue weighted by atomic mass is 19.3. The summed E-state index contributed by atoms with van der Waals surface area (Å²) in [7, 11) is 0. The van der Waals surface area contributed by atoms with Crippen molar-refractivity contribution in [3.8, 4) is 11.1 Å². The van der Waals surface area contributed by atoms with Crippen molar-refractivity contribution < 1.29 is 18.4 Å². The molecule has 10 heteroatoms. The van der Waals surface area contributed by atoms with Gasteiger partial charge in [-0.1, -0.05) is 31.4 Å². The average molecular weight is 485 g/mol. The minimum atomic E-state index is -2.64. The van der Waals surface area contributed by atoms with Gasteiger partial charge in [0.2, 0.25) is 5.91 Å². The summed E-state index contributed by atoms with van der Waals surface area (Å²) in [4.78, 5) is 26.3. The zero-order chi connectivity index (χ0) is 24.9. The molecule has 3 N–H and O–H groups in total. The maximum absolute atomic E-state index is 13.3. The van der Waals surface area contributed by atoms with Gasteiger partial charge in [-0.25, -0.2) is 8.78 Å². The Morgan fingerprint density at radius 2 is 1.83 bits per heavy atom. The van der Waals surface area contributed by atoms with Crippen LogP contribution in [0.2, 0.25) is 0 Å². The Morgan fingerprint density at radius 3 is 2.46 bits per heavy atom. The number of H-pyrrole nitrogens is 1. The highest BCUT2D eigenvalue weighted by Gasteiger charge is 2.32. The number of hydrogen-bond donors (Lipinski definition) is 3. The largest absolute Gasteiger partial charge is 0.339 e. The van der Waals surface area contributed by atoms with Crippen molar-refractivity contribution in [1.29, 1.82) is 0 Å². The van der Waals surface area contributed by atoms with E-state index in [1.807, 2.05) is 38.1 Å². The number of hydrogen-bond acceptors (Lipinski definition) is 4. The Labute approximate surface area is 202 Å². The Bertz CT molecular complexity index is 1150. The summed E-state index contributed by atoms with van der Waals surface area (Å²) in [5.74, 6) is -0.946. The van der Waals surface area contributed by atoms with E-state index in [0.29, 0.717) is 5.69 Å². The molecule has 2 amide bonds. The third-order valence-electron chi connectivity index (χ3n) is 6.52. The van der Waals surface area contributed by atoms with Crippen LogP contribution < -0.4 is 10.6 Å². The smallest absolute Gasteiger partial charge is 0.270 e. The number of alkyl halides is 2. The molecule has 2 heterocycles. The number of carbonyl (C=O) groups excluding carboxylic acids is 2. The highest BCUT2D eigenvalue weighted by Crippen LogP contribution is 2.29. The summed E-state index contributed by atoms with van der Waals surface area (Å²) in [6, 6.07) is 8.06. The van der Waals surface area contributed by atoms with Crippen molar-refractivity contribution in [1.82, 2.24) is 25.3 Å². The van der Waals surface area contributed by atoms with E-state index in [2.05, 4.69) is 25.9 Å².